The largest absolute Gasteiger partial charge is 0.339 e. The summed E-state index contributed by atoms with van der Waals surface area (Å²) in [5.41, 5.74) is 4.60. The summed E-state index contributed by atoms with van der Waals surface area (Å²) in [4.78, 5) is 25.8. The number of aromatic nitrogens is 3. The first-order chi connectivity index (χ1) is 15.6. The predicted molar refractivity (Wildman–Crippen MR) is 126 cm³/mol. The number of benzene rings is 1. The fourth-order valence-corrected chi connectivity index (χ4v) is 4.24. The Balaban J connectivity index is 1.46. The second-order valence-electron chi connectivity index (χ2n) is 8.21. The normalized spacial score (nSPS) is 17.2. The lowest BCUT2D eigenvalue weighted by Crippen LogP contribution is -2.19. The Morgan fingerprint density at radius 2 is 2.06 bits per heavy atom. The van der Waals surface area contributed by atoms with Gasteiger partial charge in [0.25, 0.3) is 0 Å². The molecule has 1 fully saturated rings. The van der Waals surface area contributed by atoms with Crippen LogP contribution in [0.25, 0.3) is 0 Å². The minimum Gasteiger partial charge on any atom is -0.339 e. The van der Waals surface area contributed by atoms with Gasteiger partial charge in [0.2, 0.25) is 11.9 Å². The van der Waals surface area contributed by atoms with Crippen LogP contribution in [0, 0.1) is 5.92 Å². The summed E-state index contributed by atoms with van der Waals surface area (Å²) in [7, 11) is 0. The lowest BCUT2D eigenvalue weighted by atomic mass is 10.0. The molecule has 1 saturated heterocycles. The molecule has 2 aromatic heterocycles. The Bertz CT molecular complexity index is 1150. The van der Waals surface area contributed by atoms with Crippen molar-refractivity contribution in [1.29, 1.82) is 0 Å². The molecule has 0 saturated carbocycles. The van der Waals surface area contributed by atoms with Gasteiger partial charge in [-0.3, -0.25) is 9.78 Å². The van der Waals surface area contributed by atoms with Gasteiger partial charge in [-0.2, -0.15) is 4.98 Å². The minimum absolute atomic E-state index is 0.0509. The molecule has 0 spiro atoms. The lowest BCUT2D eigenvalue weighted by molar-refractivity contribution is -0.116. The van der Waals surface area contributed by atoms with E-state index in [1.165, 1.54) is 0 Å². The SMILES string of the molecule is O=C(C[C@H]1CCNC1)Nc1ccc2cc1CCc1cncc(c1)Nc1ncc(Cl)c(n1)N2. The van der Waals surface area contributed by atoms with Crippen LogP contribution in [0.4, 0.5) is 28.8 Å². The van der Waals surface area contributed by atoms with Crippen molar-refractivity contribution < 1.29 is 4.79 Å². The van der Waals surface area contributed by atoms with Gasteiger partial charge in [-0.15, -0.1) is 0 Å². The Morgan fingerprint density at radius 3 is 2.94 bits per heavy atom. The van der Waals surface area contributed by atoms with E-state index in [4.69, 9.17) is 11.6 Å². The number of carbonyl (C=O) groups excluding carboxylic acids is 1. The van der Waals surface area contributed by atoms with Crippen molar-refractivity contribution in [3.05, 3.63) is 59.0 Å². The molecule has 8 nitrogen and oxygen atoms in total. The topological polar surface area (TPSA) is 104 Å². The second kappa shape index (κ2) is 9.10. The number of aryl methyl sites for hydroxylation is 2. The summed E-state index contributed by atoms with van der Waals surface area (Å²) < 4.78 is 0. The van der Waals surface area contributed by atoms with E-state index in [0.29, 0.717) is 29.1 Å². The van der Waals surface area contributed by atoms with Crippen molar-refractivity contribution in [3.63, 3.8) is 0 Å². The van der Waals surface area contributed by atoms with E-state index in [9.17, 15) is 4.79 Å². The minimum atomic E-state index is 0.0509. The van der Waals surface area contributed by atoms with E-state index in [0.717, 1.165) is 60.5 Å². The molecule has 4 N–H and O–H groups in total. The number of fused-ring (bicyclic) bond motifs is 6. The zero-order valence-electron chi connectivity index (χ0n) is 17.5. The summed E-state index contributed by atoms with van der Waals surface area (Å²) in [6.45, 7) is 1.89. The summed E-state index contributed by atoms with van der Waals surface area (Å²) in [5.74, 6) is 1.39. The smallest absolute Gasteiger partial charge is 0.229 e. The zero-order valence-corrected chi connectivity index (χ0v) is 18.2. The van der Waals surface area contributed by atoms with Crippen molar-refractivity contribution in [2.45, 2.75) is 25.7 Å². The fraction of sp³-hybridized carbons (Fsp3) is 0.304. The standard InChI is InChI=1S/C23H24ClN7O/c24-19-13-27-23-29-18-7-14(11-26-12-18)1-2-16-9-17(28-22(19)31-23)3-4-20(16)30-21(32)8-15-5-6-25-10-15/h3-4,7,9,11-13,15,25H,1-2,5-6,8,10H2,(H,30,32)(H2,27,28,29,31)/t15-/m1/s1. The highest BCUT2D eigenvalue weighted by Gasteiger charge is 2.19. The number of nitrogens with one attached hydrogen (secondary N) is 4. The van der Waals surface area contributed by atoms with Gasteiger partial charge < -0.3 is 21.3 Å². The average molecular weight is 450 g/mol. The maximum atomic E-state index is 12.7. The van der Waals surface area contributed by atoms with E-state index < -0.39 is 0 Å². The van der Waals surface area contributed by atoms with Gasteiger partial charge in [-0.1, -0.05) is 11.6 Å². The van der Waals surface area contributed by atoms with E-state index in [2.05, 4.69) is 36.2 Å². The molecule has 1 atom stereocenters. The van der Waals surface area contributed by atoms with Gasteiger partial charge in [0.15, 0.2) is 5.82 Å². The van der Waals surface area contributed by atoms with Gasteiger partial charge in [0.1, 0.15) is 5.02 Å². The van der Waals surface area contributed by atoms with Gasteiger partial charge in [0, 0.05) is 24.0 Å². The lowest BCUT2D eigenvalue weighted by Gasteiger charge is -2.15. The molecule has 0 radical (unpaired) electrons. The van der Waals surface area contributed by atoms with Gasteiger partial charge in [0.05, 0.1) is 18.1 Å². The summed E-state index contributed by atoms with van der Waals surface area (Å²) >= 11 is 6.32. The first-order valence-corrected chi connectivity index (χ1v) is 11.1. The Labute approximate surface area is 191 Å². The van der Waals surface area contributed by atoms with E-state index in [1.54, 1.807) is 12.4 Å². The van der Waals surface area contributed by atoms with Crippen LogP contribution in [0.15, 0.2) is 42.9 Å². The van der Waals surface area contributed by atoms with E-state index >= 15 is 0 Å². The highest BCUT2D eigenvalue weighted by Crippen LogP contribution is 2.29. The number of amides is 1. The van der Waals surface area contributed by atoms with Crippen molar-refractivity contribution in [2.24, 2.45) is 5.92 Å². The summed E-state index contributed by atoms with van der Waals surface area (Å²) in [6, 6.07) is 7.92. The zero-order chi connectivity index (χ0) is 21.9. The molecule has 2 aliphatic heterocycles. The molecule has 3 aromatic rings. The number of carbonyl (C=O) groups is 1. The van der Waals surface area contributed by atoms with E-state index in [1.807, 2.05) is 30.5 Å². The average Bonchev–Trinajstić information content (AvgIpc) is 3.29. The third-order valence-electron chi connectivity index (χ3n) is 5.76. The number of hydrogen-bond donors (Lipinski definition) is 4. The highest BCUT2D eigenvalue weighted by molar-refractivity contribution is 6.32. The van der Waals surface area contributed by atoms with Crippen LogP contribution in [-0.4, -0.2) is 33.9 Å². The number of halogens is 1. The van der Waals surface area contributed by atoms with Crippen molar-refractivity contribution in [2.75, 3.05) is 29.0 Å². The van der Waals surface area contributed by atoms with Crippen LogP contribution < -0.4 is 21.3 Å². The molecule has 6 bridgehead atoms. The molecule has 1 aromatic carbocycles. The third-order valence-corrected chi connectivity index (χ3v) is 6.03. The highest BCUT2D eigenvalue weighted by atomic mass is 35.5. The first kappa shape index (κ1) is 20.7. The van der Waals surface area contributed by atoms with Gasteiger partial charge >= 0.3 is 0 Å². The van der Waals surface area contributed by atoms with Crippen LogP contribution in [0.5, 0.6) is 0 Å². The van der Waals surface area contributed by atoms with Crippen LogP contribution >= 0.6 is 11.6 Å². The number of nitrogens with zero attached hydrogens (tertiary/aromatic N) is 3. The first-order valence-electron chi connectivity index (χ1n) is 10.8. The summed E-state index contributed by atoms with van der Waals surface area (Å²) in [6.07, 6.45) is 8.25. The fourth-order valence-electron chi connectivity index (χ4n) is 4.10. The molecule has 0 aliphatic carbocycles. The Kier molecular flexibility index (Phi) is 5.87. The van der Waals surface area contributed by atoms with Crippen molar-refractivity contribution in [3.8, 4) is 0 Å². The number of rotatable bonds is 3. The monoisotopic (exact) mass is 449 g/mol. The molecule has 164 valence electrons. The van der Waals surface area contributed by atoms with Crippen molar-refractivity contribution >= 4 is 46.3 Å². The molecule has 32 heavy (non-hydrogen) atoms. The number of hydrogen-bond acceptors (Lipinski definition) is 7. The number of anilines is 5. The Morgan fingerprint density at radius 1 is 1.12 bits per heavy atom. The number of pyridine rings is 1. The molecule has 2 aliphatic rings. The molecule has 0 unspecified atom stereocenters. The van der Waals surface area contributed by atoms with Crippen LogP contribution in [0.3, 0.4) is 0 Å². The Hall–Kier alpha value is -3.23. The van der Waals surface area contributed by atoms with Crippen LogP contribution in [-0.2, 0) is 17.6 Å². The quantitative estimate of drug-likeness (QED) is 0.478. The molecule has 4 heterocycles. The second-order valence-corrected chi connectivity index (χ2v) is 8.61. The third kappa shape index (κ3) is 4.81. The maximum Gasteiger partial charge on any atom is 0.229 e. The van der Waals surface area contributed by atoms with Crippen molar-refractivity contribution in [1.82, 2.24) is 20.3 Å². The van der Waals surface area contributed by atoms with E-state index in [-0.39, 0.29) is 5.91 Å². The molecule has 5 rings (SSSR count). The molecule has 9 heteroatoms. The van der Waals surface area contributed by atoms with Crippen LogP contribution in [0.2, 0.25) is 5.02 Å². The molecule has 1 amide bonds. The maximum absolute atomic E-state index is 12.7. The van der Waals surface area contributed by atoms with Gasteiger partial charge in [-0.05, 0) is 73.7 Å². The molecular weight excluding hydrogens is 426 g/mol. The predicted octanol–water partition coefficient (Wildman–Crippen LogP) is 4.05. The molecular formula is C23H24ClN7O. The summed E-state index contributed by atoms with van der Waals surface area (Å²) in [5, 5.41) is 13.3. The van der Waals surface area contributed by atoms with Crippen LogP contribution in [0.1, 0.15) is 24.0 Å². The van der Waals surface area contributed by atoms with Gasteiger partial charge in [-0.25, -0.2) is 4.98 Å².